The SMILES string of the molecule is CCCCC(=O)Nc1ccc(Oc2cc(-n3cnc(C)c3C)nc(C)n2)cc1. The van der Waals surface area contributed by atoms with E-state index in [-0.39, 0.29) is 5.91 Å². The molecule has 2 heterocycles. The summed E-state index contributed by atoms with van der Waals surface area (Å²) in [5, 5.41) is 2.89. The van der Waals surface area contributed by atoms with E-state index in [4.69, 9.17) is 4.74 Å². The van der Waals surface area contributed by atoms with Gasteiger partial charge >= 0.3 is 0 Å². The quantitative estimate of drug-likeness (QED) is 0.653. The predicted octanol–water partition coefficient (Wildman–Crippen LogP) is 4.51. The molecule has 0 spiro atoms. The largest absolute Gasteiger partial charge is 0.439 e. The molecule has 0 aliphatic rings. The molecule has 0 unspecified atom stereocenters. The van der Waals surface area contributed by atoms with Gasteiger partial charge in [0.2, 0.25) is 11.8 Å². The summed E-state index contributed by atoms with van der Waals surface area (Å²) in [4.78, 5) is 25.0. The van der Waals surface area contributed by atoms with Gasteiger partial charge in [0, 0.05) is 23.9 Å². The fourth-order valence-corrected chi connectivity index (χ4v) is 2.72. The number of ether oxygens (including phenoxy) is 1. The molecule has 0 saturated carbocycles. The number of aromatic nitrogens is 4. The summed E-state index contributed by atoms with van der Waals surface area (Å²) in [6.45, 7) is 7.84. The number of nitrogens with zero attached hydrogens (tertiary/aromatic N) is 4. The van der Waals surface area contributed by atoms with Crippen molar-refractivity contribution in [2.45, 2.75) is 47.0 Å². The van der Waals surface area contributed by atoms with Gasteiger partial charge in [-0.3, -0.25) is 9.36 Å². The molecule has 3 rings (SSSR count). The lowest BCUT2D eigenvalue weighted by Crippen LogP contribution is -2.10. The number of nitrogens with one attached hydrogen (secondary N) is 1. The molecule has 0 aliphatic heterocycles. The van der Waals surface area contributed by atoms with Gasteiger partial charge in [-0.25, -0.2) is 9.97 Å². The molecule has 3 aromatic rings. The molecule has 1 aromatic carbocycles. The van der Waals surface area contributed by atoms with E-state index in [2.05, 4.69) is 27.2 Å². The van der Waals surface area contributed by atoms with Gasteiger partial charge in [-0.05, 0) is 51.5 Å². The van der Waals surface area contributed by atoms with Gasteiger partial charge < -0.3 is 10.1 Å². The molecule has 0 bridgehead atoms. The zero-order valence-corrected chi connectivity index (χ0v) is 16.7. The van der Waals surface area contributed by atoms with E-state index in [1.807, 2.05) is 37.5 Å². The number of amides is 1. The molecular formula is C21H25N5O2. The van der Waals surface area contributed by atoms with Crippen LogP contribution < -0.4 is 10.1 Å². The van der Waals surface area contributed by atoms with Crippen LogP contribution in [0.15, 0.2) is 36.7 Å². The van der Waals surface area contributed by atoms with Crippen molar-refractivity contribution < 1.29 is 9.53 Å². The molecule has 7 heteroatoms. The van der Waals surface area contributed by atoms with E-state index >= 15 is 0 Å². The van der Waals surface area contributed by atoms with Crippen molar-refractivity contribution in [1.29, 1.82) is 0 Å². The number of aryl methyl sites for hydroxylation is 2. The van der Waals surface area contributed by atoms with E-state index in [0.29, 0.717) is 29.7 Å². The highest BCUT2D eigenvalue weighted by atomic mass is 16.5. The van der Waals surface area contributed by atoms with Gasteiger partial charge in [-0.1, -0.05) is 13.3 Å². The van der Waals surface area contributed by atoms with Gasteiger partial charge in [-0.15, -0.1) is 0 Å². The summed E-state index contributed by atoms with van der Waals surface area (Å²) in [5.74, 6) is 2.43. The average Bonchev–Trinajstić information content (AvgIpc) is 3.00. The number of unbranched alkanes of at least 4 members (excludes halogenated alkanes) is 1. The van der Waals surface area contributed by atoms with Crippen LogP contribution in [-0.4, -0.2) is 25.4 Å². The van der Waals surface area contributed by atoms with Crippen LogP contribution in [-0.2, 0) is 4.79 Å². The molecule has 0 fully saturated rings. The number of imidazole rings is 1. The third kappa shape index (κ3) is 4.73. The Balaban J connectivity index is 1.73. The first-order chi connectivity index (χ1) is 13.5. The fraction of sp³-hybridized carbons (Fsp3) is 0.333. The standard InChI is InChI=1S/C21H25N5O2/c1-5-6-7-20(27)25-17-8-10-18(11-9-17)28-21-12-19(23-16(4)24-21)26-13-22-14(2)15(26)3/h8-13H,5-7H2,1-4H3,(H,25,27). The predicted molar refractivity (Wildman–Crippen MR) is 108 cm³/mol. The number of hydrogen-bond donors (Lipinski definition) is 1. The van der Waals surface area contributed by atoms with Crippen LogP contribution in [0.25, 0.3) is 5.82 Å². The van der Waals surface area contributed by atoms with E-state index < -0.39 is 0 Å². The summed E-state index contributed by atoms with van der Waals surface area (Å²) < 4.78 is 7.80. The van der Waals surface area contributed by atoms with Gasteiger partial charge in [0.25, 0.3) is 0 Å². The summed E-state index contributed by atoms with van der Waals surface area (Å²) >= 11 is 0. The van der Waals surface area contributed by atoms with Crippen molar-refractivity contribution in [2.75, 3.05) is 5.32 Å². The second kappa shape index (κ2) is 8.65. The molecule has 0 atom stereocenters. The third-order valence-corrected chi connectivity index (χ3v) is 4.42. The Morgan fingerprint density at radius 3 is 2.54 bits per heavy atom. The molecule has 1 amide bonds. The summed E-state index contributed by atoms with van der Waals surface area (Å²) in [6.07, 6.45) is 4.16. The Bertz CT molecular complexity index is 963. The van der Waals surface area contributed by atoms with Gasteiger partial charge in [-0.2, -0.15) is 4.98 Å². The van der Waals surface area contributed by atoms with Crippen LogP contribution in [0.4, 0.5) is 5.69 Å². The lowest BCUT2D eigenvalue weighted by molar-refractivity contribution is -0.116. The second-order valence-electron chi connectivity index (χ2n) is 6.68. The number of rotatable bonds is 7. The van der Waals surface area contributed by atoms with E-state index in [0.717, 1.165) is 29.9 Å². The maximum atomic E-state index is 11.8. The Kier molecular flexibility index (Phi) is 6.03. The summed E-state index contributed by atoms with van der Waals surface area (Å²) in [6, 6.07) is 9.02. The third-order valence-electron chi connectivity index (χ3n) is 4.42. The summed E-state index contributed by atoms with van der Waals surface area (Å²) in [5.41, 5.74) is 2.72. The van der Waals surface area contributed by atoms with Crippen molar-refractivity contribution in [1.82, 2.24) is 19.5 Å². The number of carbonyl (C=O) groups excluding carboxylic acids is 1. The van der Waals surface area contributed by atoms with E-state index in [1.54, 1.807) is 24.5 Å². The molecular weight excluding hydrogens is 354 g/mol. The normalized spacial score (nSPS) is 10.7. The maximum absolute atomic E-state index is 11.8. The van der Waals surface area contributed by atoms with Crippen LogP contribution in [0.3, 0.4) is 0 Å². The van der Waals surface area contributed by atoms with Crippen LogP contribution >= 0.6 is 0 Å². The van der Waals surface area contributed by atoms with Crippen molar-refractivity contribution in [3.8, 4) is 17.4 Å². The molecule has 0 radical (unpaired) electrons. The van der Waals surface area contributed by atoms with E-state index in [9.17, 15) is 4.79 Å². The first kappa shape index (κ1) is 19.5. The molecule has 0 aliphatic carbocycles. The molecule has 2 aromatic heterocycles. The van der Waals surface area contributed by atoms with Crippen LogP contribution in [0.1, 0.15) is 43.4 Å². The zero-order valence-electron chi connectivity index (χ0n) is 16.7. The topological polar surface area (TPSA) is 81.9 Å². The Labute approximate surface area is 164 Å². The van der Waals surface area contributed by atoms with Gasteiger partial charge in [0.15, 0.2) is 0 Å². The Morgan fingerprint density at radius 2 is 1.89 bits per heavy atom. The Morgan fingerprint density at radius 1 is 1.14 bits per heavy atom. The average molecular weight is 379 g/mol. The van der Waals surface area contributed by atoms with Crippen LogP contribution in [0.2, 0.25) is 0 Å². The molecule has 146 valence electrons. The van der Waals surface area contributed by atoms with E-state index in [1.165, 1.54) is 0 Å². The summed E-state index contributed by atoms with van der Waals surface area (Å²) in [7, 11) is 0. The Hall–Kier alpha value is -3.22. The minimum absolute atomic E-state index is 0.0255. The molecule has 1 N–H and O–H groups in total. The fourth-order valence-electron chi connectivity index (χ4n) is 2.72. The van der Waals surface area contributed by atoms with Crippen molar-refractivity contribution in [3.63, 3.8) is 0 Å². The highest BCUT2D eigenvalue weighted by molar-refractivity contribution is 5.90. The minimum Gasteiger partial charge on any atom is -0.439 e. The lowest BCUT2D eigenvalue weighted by Gasteiger charge is -2.10. The first-order valence-electron chi connectivity index (χ1n) is 9.40. The van der Waals surface area contributed by atoms with Gasteiger partial charge in [0.05, 0.1) is 5.69 Å². The highest BCUT2D eigenvalue weighted by Crippen LogP contribution is 2.24. The zero-order chi connectivity index (χ0) is 20.1. The maximum Gasteiger partial charge on any atom is 0.224 e. The van der Waals surface area contributed by atoms with Crippen LogP contribution in [0.5, 0.6) is 11.6 Å². The number of carbonyl (C=O) groups is 1. The van der Waals surface area contributed by atoms with Crippen molar-refractivity contribution in [2.24, 2.45) is 0 Å². The monoisotopic (exact) mass is 379 g/mol. The smallest absolute Gasteiger partial charge is 0.224 e. The van der Waals surface area contributed by atoms with Crippen LogP contribution in [0, 0.1) is 20.8 Å². The van der Waals surface area contributed by atoms with Crippen molar-refractivity contribution in [3.05, 3.63) is 53.9 Å². The number of benzene rings is 1. The minimum atomic E-state index is 0.0255. The number of anilines is 1. The van der Waals surface area contributed by atoms with Gasteiger partial charge in [0.1, 0.15) is 23.7 Å². The number of hydrogen-bond acceptors (Lipinski definition) is 5. The van der Waals surface area contributed by atoms with Crippen molar-refractivity contribution >= 4 is 11.6 Å². The first-order valence-corrected chi connectivity index (χ1v) is 9.40. The highest BCUT2D eigenvalue weighted by Gasteiger charge is 2.10. The molecule has 0 saturated heterocycles. The second-order valence-corrected chi connectivity index (χ2v) is 6.68. The molecule has 28 heavy (non-hydrogen) atoms. The lowest BCUT2D eigenvalue weighted by atomic mass is 10.2. The molecule has 7 nitrogen and oxygen atoms in total.